The highest BCUT2D eigenvalue weighted by atomic mass is 16.5. The van der Waals surface area contributed by atoms with Crippen LogP contribution in [0.2, 0.25) is 0 Å². The van der Waals surface area contributed by atoms with Crippen LogP contribution < -0.4 is 0 Å². The number of benzene rings is 2. The molecule has 1 saturated carbocycles. The molecule has 2 heteroatoms. The summed E-state index contributed by atoms with van der Waals surface area (Å²) in [5, 5.41) is 0. The molecule has 2 aromatic rings. The molecule has 2 atom stereocenters. The Morgan fingerprint density at radius 1 is 0.900 bits per heavy atom. The fraction of sp³-hybridized carbons (Fsp3) is 0.278. The number of ether oxygens (including phenoxy) is 1. The van der Waals surface area contributed by atoms with Crippen molar-refractivity contribution < 1.29 is 9.53 Å². The van der Waals surface area contributed by atoms with E-state index in [1.165, 1.54) is 11.1 Å². The Bertz CT molecular complexity index is 531. The number of hydrogen-bond acceptors (Lipinski definition) is 2. The van der Waals surface area contributed by atoms with Crippen LogP contribution in [0.15, 0.2) is 60.7 Å². The van der Waals surface area contributed by atoms with Gasteiger partial charge in [0.1, 0.15) is 0 Å². The molecule has 1 aliphatic rings. The average Bonchev–Trinajstić information content (AvgIpc) is 3.25. The van der Waals surface area contributed by atoms with E-state index < -0.39 is 0 Å². The molecule has 0 saturated heterocycles. The standard InChI is InChI=1S/C18H18O2/c1-2-20-18(19)17-15(13-9-5-3-6-10-13)16(17)14-11-7-4-8-12-14/h3-12,15-17H,2H2,1H3. The van der Waals surface area contributed by atoms with E-state index in [-0.39, 0.29) is 23.7 Å². The van der Waals surface area contributed by atoms with E-state index in [4.69, 9.17) is 4.74 Å². The summed E-state index contributed by atoms with van der Waals surface area (Å²) in [6.07, 6.45) is 0. The molecule has 1 fully saturated rings. The van der Waals surface area contributed by atoms with Crippen molar-refractivity contribution >= 4 is 5.97 Å². The van der Waals surface area contributed by atoms with Gasteiger partial charge in [0.05, 0.1) is 12.5 Å². The zero-order chi connectivity index (χ0) is 13.9. The van der Waals surface area contributed by atoms with Gasteiger partial charge in [0.25, 0.3) is 0 Å². The third-order valence-electron chi connectivity index (χ3n) is 3.95. The summed E-state index contributed by atoms with van der Waals surface area (Å²) in [6, 6.07) is 20.5. The van der Waals surface area contributed by atoms with Gasteiger partial charge >= 0.3 is 5.97 Å². The smallest absolute Gasteiger partial charge is 0.310 e. The molecular weight excluding hydrogens is 248 g/mol. The topological polar surface area (TPSA) is 26.3 Å². The van der Waals surface area contributed by atoms with E-state index in [1.54, 1.807) is 0 Å². The van der Waals surface area contributed by atoms with Crippen molar-refractivity contribution in [3.05, 3.63) is 71.8 Å². The fourth-order valence-electron chi connectivity index (χ4n) is 3.02. The van der Waals surface area contributed by atoms with Gasteiger partial charge in [-0.15, -0.1) is 0 Å². The summed E-state index contributed by atoms with van der Waals surface area (Å²) in [5.41, 5.74) is 2.44. The summed E-state index contributed by atoms with van der Waals surface area (Å²) in [5.74, 6) is 0.380. The molecule has 2 nitrogen and oxygen atoms in total. The zero-order valence-electron chi connectivity index (χ0n) is 11.5. The lowest BCUT2D eigenvalue weighted by atomic mass is 10.0. The predicted octanol–water partition coefficient (Wildman–Crippen LogP) is 3.75. The number of rotatable bonds is 4. The Balaban J connectivity index is 1.89. The van der Waals surface area contributed by atoms with Crippen molar-refractivity contribution in [3.63, 3.8) is 0 Å². The Hall–Kier alpha value is -2.09. The normalized spacial score (nSPS) is 24.1. The number of carbonyl (C=O) groups excluding carboxylic acids is 1. The van der Waals surface area contributed by atoms with Gasteiger partial charge in [-0.3, -0.25) is 4.79 Å². The molecule has 0 heterocycles. The average molecular weight is 266 g/mol. The van der Waals surface area contributed by atoms with Crippen LogP contribution in [0.4, 0.5) is 0 Å². The first-order valence-corrected chi connectivity index (χ1v) is 7.09. The summed E-state index contributed by atoms with van der Waals surface area (Å²) >= 11 is 0. The molecule has 0 radical (unpaired) electrons. The second-order valence-electron chi connectivity index (χ2n) is 5.15. The highest BCUT2D eigenvalue weighted by Gasteiger charge is 2.56. The van der Waals surface area contributed by atoms with Gasteiger partial charge in [0, 0.05) is 11.8 Å². The third-order valence-corrected chi connectivity index (χ3v) is 3.95. The minimum absolute atomic E-state index is 0.0419. The SMILES string of the molecule is CCOC(=O)C1C(c2ccccc2)C1c1ccccc1. The second kappa shape index (κ2) is 5.49. The van der Waals surface area contributed by atoms with Crippen molar-refractivity contribution in [1.82, 2.24) is 0 Å². The van der Waals surface area contributed by atoms with Gasteiger partial charge in [0.2, 0.25) is 0 Å². The van der Waals surface area contributed by atoms with Crippen molar-refractivity contribution in [2.24, 2.45) is 5.92 Å². The maximum absolute atomic E-state index is 12.2. The zero-order valence-corrected chi connectivity index (χ0v) is 11.5. The third kappa shape index (κ3) is 2.34. The summed E-state index contributed by atoms with van der Waals surface area (Å²) in [4.78, 5) is 12.2. The van der Waals surface area contributed by atoms with Gasteiger partial charge in [-0.2, -0.15) is 0 Å². The van der Waals surface area contributed by atoms with Crippen LogP contribution in [0.1, 0.15) is 29.9 Å². The summed E-state index contributed by atoms with van der Waals surface area (Å²) < 4.78 is 5.23. The fourth-order valence-corrected chi connectivity index (χ4v) is 3.02. The predicted molar refractivity (Wildman–Crippen MR) is 78.5 cm³/mol. The van der Waals surface area contributed by atoms with Gasteiger partial charge < -0.3 is 4.74 Å². The molecule has 2 aromatic carbocycles. The largest absolute Gasteiger partial charge is 0.466 e. The first kappa shape index (κ1) is 12.9. The second-order valence-corrected chi connectivity index (χ2v) is 5.15. The molecule has 0 spiro atoms. The number of carbonyl (C=O) groups is 1. The van der Waals surface area contributed by atoms with Crippen LogP contribution >= 0.6 is 0 Å². The molecule has 0 aliphatic heterocycles. The molecule has 2 unspecified atom stereocenters. The Kier molecular flexibility index (Phi) is 3.55. The van der Waals surface area contributed by atoms with Gasteiger partial charge in [-0.05, 0) is 18.1 Å². The van der Waals surface area contributed by atoms with Crippen LogP contribution in [0.25, 0.3) is 0 Å². The maximum atomic E-state index is 12.2. The summed E-state index contributed by atoms with van der Waals surface area (Å²) in [7, 11) is 0. The maximum Gasteiger partial charge on any atom is 0.310 e. The van der Waals surface area contributed by atoms with Crippen molar-refractivity contribution in [2.45, 2.75) is 18.8 Å². The monoisotopic (exact) mass is 266 g/mol. The van der Waals surface area contributed by atoms with Crippen molar-refractivity contribution in [3.8, 4) is 0 Å². The van der Waals surface area contributed by atoms with Gasteiger partial charge in [-0.25, -0.2) is 0 Å². The highest BCUT2D eigenvalue weighted by Crippen LogP contribution is 2.60. The first-order valence-electron chi connectivity index (χ1n) is 7.09. The minimum Gasteiger partial charge on any atom is -0.466 e. The lowest BCUT2D eigenvalue weighted by Gasteiger charge is -2.00. The van der Waals surface area contributed by atoms with Crippen LogP contribution in [0.3, 0.4) is 0 Å². The Labute approximate surface area is 119 Å². The van der Waals surface area contributed by atoms with Crippen LogP contribution in [0.5, 0.6) is 0 Å². The number of hydrogen-bond donors (Lipinski definition) is 0. The van der Waals surface area contributed by atoms with E-state index in [0.29, 0.717) is 6.61 Å². The first-order chi connectivity index (χ1) is 9.83. The molecule has 0 aromatic heterocycles. The minimum atomic E-state index is -0.0739. The molecule has 0 N–H and O–H groups in total. The quantitative estimate of drug-likeness (QED) is 0.788. The highest BCUT2D eigenvalue weighted by molar-refractivity contribution is 5.80. The molecule has 3 rings (SSSR count). The van der Waals surface area contributed by atoms with Gasteiger partial charge in [0.15, 0.2) is 0 Å². The molecule has 20 heavy (non-hydrogen) atoms. The molecule has 0 bridgehead atoms. The molecule has 0 amide bonds. The molecular formula is C18H18O2. The van der Waals surface area contributed by atoms with Crippen LogP contribution in [-0.2, 0) is 9.53 Å². The van der Waals surface area contributed by atoms with E-state index in [2.05, 4.69) is 24.3 Å². The van der Waals surface area contributed by atoms with Crippen LogP contribution in [0, 0.1) is 5.92 Å². The van der Waals surface area contributed by atoms with Crippen molar-refractivity contribution in [2.75, 3.05) is 6.61 Å². The molecule has 102 valence electrons. The van der Waals surface area contributed by atoms with Crippen LogP contribution in [-0.4, -0.2) is 12.6 Å². The number of esters is 1. The van der Waals surface area contributed by atoms with E-state index >= 15 is 0 Å². The van der Waals surface area contributed by atoms with Gasteiger partial charge in [-0.1, -0.05) is 60.7 Å². The lowest BCUT2D eigenvalue weighted by molar-refractivity contribution is -0.144. The molecule has 1 aliphatic carbocycles. The Morgan fingerprint density at radius 2 is 1.35 bits per heavy atom. The van der Waals surface area contributed by atoms with Crippen molar-refractivity contribution in [1.29, 1.82) is 0 Å². The van der Waals surface area contributed by atoms with E-state index in [0.717, 1.165) is 0 Å². The summed E-state index contributed by atoms with van der Waals surface area (Å²) in [6.45, 7) is 2.30. The Morgan fingerprint density at radius 3 is 1.75 bits per heavy atom. The lowest BCUT2D eigenvalue weighted by Crippen LogP contribution is -2.08. The van der Waals surface area contributed by atoms with E-state index in [9.17, 15) is 4.79 Å². The van der Waals surface area contributed by atoms with E-state index in [1.807, 2.05) is 43.3 Å².